The Hall–Kier alpha value is -2.13. The van der Waals surface area contributed by atoms with Gasteiger partial charge in [-0.1, -0.05) is 42.5 Å². The van der Waals surface area contributed by atoms with Crippen LogP contribution >= 0.6 is 0 Å². The summed E-state index contributed by atoms with van der Waals surface area (Å²) in [4.78, 5) is 14.9. The van der Waals surface area contributed by atoms with Crippen LogP contribution in [0.25, 0.3) is 0 Å². The second kappa shape index (κ2) is 3.93. The highest BCUT2D eigenvalue weighted by Gasteiger charge is 2.74. The number of hydrogen-bond donors (Lipinski definition) is 0. The van der Waals surface area contributed by atoms with Gasteiger partial charge in [-0.05, 0) is 24.6 Å². The van der Waals surface area contributed by atoms with Gasteiger partial charge < -0.3 is 9.64 Å². The molecule has 0 saturated carbocycles. The summed E-state index contributed by atoms with van der Waals surface area (Å²) in [6.45, 7) is 2.46. The minimum atomic E-state index is -0.806. The Morgan fingerprint density at radius 3 is 2.55 bits per heavy atom. The average molecular weight is 265 g/mol. The number of rotatable bonds is 3. The van der Waals surface area contributed by atoms with Crippen molar-refractivity contribution in [2.45, 2.75) is 18.7 Å². The van der Waals surface area contributed by atoms with Crippen LogP contribution in [-0.4, -0.2) is 18.1 Å². The predicted octanol–water partition coefficient (Wildman–Crippen LogP) is 3.18. The molecule has 2 aromatic carbocycles. The summed E-state index contributed by atoms with van der Waals surface area (Å²) in [7, 11) is 0. The molecule has 3 nitrogen and oxygen atoms in total. The van der Waals surface area contributed by atoms with Crippen molar-refractivity contribution < 1.29 is 9.53 Å². The van der Waals surface area contributed by atoms with Crippen molar-refractivity contribution in [3.63, 3.8) is 0 Å². The monoisotopic (exact) mass is 265 g/mol. The third-order valence-corrected chi connectivity index (χ3v) is 4.13. The predicted molar refractivity (Wildman–Crippen MR) is 76.8 cm³/mol. The molecule has 1 fully saturated rings. The average Bonchev–Trinajstić information content (AvgIpc) is 3.10. The number of benzene rings is 2. The summed E-state index contributed by atoms with van der Waals surface area (Å²) in [5, 5.41) is 0. The number of para-hydroxylation sites is 1. The highest BCUT2D eigenvalue weighted by atomic mass is 16.5. The lowest BCUT2D eigenvalue weighted by molar-refractivity contribution is 0.0340. The molecular formula is C17H15NO2. The molecule has 3 heteroatoms. The lowest BCUT2D eigenvalue weighted by atomic mass is 9.99. The Bertz CT molecular complexity index is 676. The number of ketones is 1. The summed E-state index contributed by atoms with van der Waals surface area (Å²) >= 11 is 0. The van der Waals surface area contributed by atoms with E-state index in [-0.39, 0.29) is 11.8 Å². The second-order valence-corrected chi connectivity index (χ2v) is 5.16. The lowest BCUT2D eigenvalue weighted by Gasteiger charge is -2.11. The van der Waals surface area contributed by atoms with E-state index >= 15 is 0 Å². The van der Waals surface area contributed by atoms with Crippen molar-refractivity contribution in [3.05, 3.63) is 65.7 Å². The van der Waals surface area contributed by atoms with Gasteiger partial charge in [-0.3, -0.25) is 4.79 Å². The first kappa shape index (κ1) is 11.7. The Morgan fingerprint density at radius 1 is 1.10 bits per heavy atom. The molecule has 2 aliphatic rings. The first-order chi connectivity index (χ1) is 9.80. The molecule has 0 radical (unpaired) electrons. The Kier molecular flexibility index (Phi) is 2.30. The third kappa shape index (κ3) is 1.26. The van der Waals surface area contributed by atoms with Gasteiger partial charge in [-0.2, -0.15) is 0 Å². The van der Waals surface area contributed by atoms with Crippen molar-refractivity contribution in [3.8, 4) is 0 Å². The molecule has 2 aliphatic heterocycles. The van der Waals surface area contributed by atoms with Crippen LogP contribution in [0.2, 0.25) is 0 Å². The minimum Gasteiger partial charge on any atom is -0.347 e. The van der Waals surface area contributed by atoms with Crippen LogP contribution in [0.4, 0.5) is 5.69 Å². The quantitative estimate of drug-likeness (QED) is 0.798. The van der Waals surface area contributed by atoms with Crippen LogP contribution in [0.1, 0.15) is 28.9 Å². The van der Waals surface area contributed by atoms with Crippen molar-refractivity contribution in [1.82, 2.24) is 0 Å². The third-order valence-electron chi connectivity index (χ3n) is 4.13. The molecule has 20 heavy (non-hydrogen) atoms. The van der Waals surface area contributed by atoms with Gasteiger partial charge in [0.25, 0.3) is 0 Å². The van der Waals surface area contributed by atoms with Crippen molar-refractivity contribution >= 4 is 11.5 Å². The Balaban J connectivity index is 1.84. The van der Waals surface area contributed by atoms with E-state index < -0.39 is 5.72 Å². The number of carbonyl (C=O) groups is 1. The van der Waals surface area contributed by atoms with Crippen molar-refractivity contribution in [2.24, 2.45) is 0 Å². The summed E-state index contributed by atoms with van der Waals surface area (Å²) in [6.07, 6.45) is 0. The van der Waals surface area contributed by atoms with E-state index in [4.69, 9.17) is 4.74 Å². The fourth-order valence-electron chi connectivity index (χ4n) is 3.34. The molecule has 1 saturated heterocycles. The topological polar surface area (TPSA) is 29.3 Å². The van der Waals surface area contributed by atoms with Gasteiger partial charge in [-0.15, -0.1) is 0 Å². The SMILES string of the molecule is CCO[C@@]12C(=O)c3ccccc3N1[C@H]2c1ccccc1. The summed E-state index contributed by atoms with van der Waals surface area (Å²) in [5.74, 6) is 0.0869. The molecular weight excluding hydrogens is 250 g/mol. The number of anilines is 1. The smallest absolute Gasteiger partial charge is 0.231 e. The first-order valence-corrected chi connectivity index (χ1v) is 6.92. The molecule has 0 amide bonds. The molecule has 4 rings (SSSR count). The van der Waals surface area contributed by atoms with Crippen molar-refractivity contribution in [1.29, 1.82) is 0 Å². The summed E-state index contributed by atoms with van der Waals surface area (Å²) in [5.41, 5.74) is 2.08. The van der Waals surface area contributed by atoms with E-state index in [2.05, 4.69) is 17.0 Å². The zero-order chi connectivity index (χ0) is 13.7. The molecule has 2 aromatic rings. The molecule has 2 heterocycles. The summed E-state index contributed by atoms with van der Waals surface area (Å²) in [6, 6.07) is 17.9. The van der Waals surface area contributed by atoms with Crippen LogP contribution in [0.3, 0.4) is 0 Å². The molecule has 0 unspecified atom stereocenters. The van der Waals surface area contributed by atoms with Gasteiger partial charge in [0.05, 0.1) is 5.69 Å². The molecule has 0 aromatic heterocycles. The van der Waals surface area contributed by atoms with E-state index in [1.807, 2.05) is 49.4 Å². The number of hydrogen-bond acceptors (Lipinski definition) is 3. The molecule has 0 N–H and O–H groups in total. The van der Waals surface area contributed by atoms with Gasteiger partial charge >= 0.3 is 0 Å². The van der Waals surface area contributed by atoms with Gasteiger partial charge in [0, 0.05) is 12.2 Å². The fraction of sp³-hybridized carbons (Fsp3) is 0.235. The maximum atomic E-state index is 12.8. The zero-order valence-corrected chi connectivity index (χ0v) is 11.2. The van der Waals surface area contributed by atoms with E-state index in [0.717, 1.165) is 16.8 Å². The van der Waals surface area contributed by atoms with Crippen LogP contribution in [-0.2, 0) is 4.74 Å². The number of ether oxygens (including phenoxy) is 1. The molecule has 0 spiro atoms. The van der Waals surface area contributed by atoms with Crippen LogP contribution in [0.5, 0.6) is 0 Å². The Labute approximate surface area is 117 Å². The van der Waals surface area contributed by atoms with Gasteiger partial charge in [0.2, 0.25) is 11.5 Å². The standard InChI is InChI=1S/C17H15NO2/c1-2-20-17-15(12-8-4-3-5-9-12)18(17)14-11-7-6-10-13(14)16(17)19/h3-11,15H,2H2,1H3/t15-,17-,18?/m0/s1. The van der Waals surface area contributed by atoms with E-state index in [1.54, 1.807) is 0 Å². The minimum absolute atomic E-state index is 0.00560. The highest BCUT2D eigenvalue weighted by Crippen LogP contribution is 2.63. The van der Waals surface area contributed by atoms with Gasteiger partial charge in [0.1, 0.15) is 6.04 Å². The van der Waals surface area contributed by atoms with Gasteiger partial charge in [0.15, 0.2) is 0 Å². The maximum Gasteiger partial charge on any atom is 0.231 e. The fourth-order valence-corrected chi connectivity index (χ4v) is 3.34. The number of nitrogens with zero attached hydrogens (tertiary/aromatic N) is 1. The van der Waals surface area contributed by atoms with Gasteiger partial charge in [-0.25, -0.2) is 0 Å². The van der Waals surface area contributed by atoms with E-state index in [0.29, 0.717) is 6.61 Å². The molecule has 100 valence electrons. The van der Waals surface area contributed by atoms with E-state index in [1.165, 1.54) is 0 Å². The molecule has 2 atom stereocenters. The maximum absolute atomic E-state index is 12.8. The highest BCUT2D eigenvalue weighted by molar-refractivity contribution is 6.18. The van der Waals surface area contributed by atoms with Crippen LogP contribution < -0.4 is 4.90 Å². The van der Waals surface area contributed by atoms with Crippen LogP contribution in [0, 0.1) is 0 Å². The number of carbonyl (C=O) groups excluding carboxylic acids is 1. The van der Waals surface area contributed by atoms with E-state index in [9.17, 15) is 4.79 Å². The van der Waals surface area contributed by atoms with Crippen LogP contribution in [0.15, 0.2) is 54.6 Å². The molecule has 0 aliphatic carbocycles. The summed E-state index contributed by atoms with van der Waals surface area (Å²) < 4.78 is 5.90. The normalized spacial score (nSPS) is 26.4. The Morgan fingerprint density at radius 2 is 1.80 bits per heavy atom. The first-order valence-electron chi connectivity index (χ1n) is 6.92. The lowest BCUT2D eigenvalue weighted by Crippen LogP contribution is -2.28. The largest absolute Gasteiger partial charge is 0.347 e. The number of Topliss-reactive ketones (excluding diaryl/α,β-unsaturated/α-hetero) is 1. The van der Waals surface area contributed by atoms with Crippen molar-refractivity contribution in [2.75, 3.05) is 11.5 Å². The second-order valence-electron chi connectivity index (χ2n) is 5.16. The molecule has 0 bridgehead atoms. The zero-order valence-electron chi connectivity index (χ0n) is 11.2. The number of fused-ring (bicyclic) bond motifs is 3.